The summed E-state index contributed by atoms with van der Waals surface area (Å²) in [6, 6.07) is 12.8. The average Bonchev–Trinajstić information content (AvgIpc) is 2.61. The van der Waals surface area contributed by atoms with Crippen molar-refractivity contribution in [3.63, 3.8) is 0 Å². The van der Waals surface area contributed by atoms with Crippen molar-refractivity contribution in [2.75, 3.05) is 19.0 Å². The predicted octanol–water partition coefficient (Wildman–Crippen LogP) is 3.92. The number of rotatable bonds is 6. The first-order valence-corrected chi connectivity index (χ1v) is 8.13. The summed E-state index contributed by atoms with van der Waals surface area (Å²) in [6.07, 6.45) is 0. The fourth-order valence-electron chi connectivity index (χ4n) is 2.52. The van der Waals surface area contributed by atoms with Gasteiger partial charge in [-0.05, 0) is 42.2 Å². The standard InChI is InChI=1S/C20H23NO4/c1-13(2)15-8-5-6-11-18(15)25-12-19(22)21-17-10-7-9-16(14(17)3)20(23)24-4/h5-11,13H,12H2,1-4H3,(H,21,22). The van der Waals surface area contributed by atoms with Gasteiger partial charge in [-0.15, -0.1) is 0 Å². The number of hydrogen-bond acceptors (Lipinski definition) is 4. The molecule has 0 fully saturated rings. The van der Waals surface area contributed by atoms with Crippen LogP contribution in [0.1, 0.15) is 41.3 Å². The highest BCUT2D eigenvalue weighted by molar-refractivity contribution is 5.97. The molecule has 0 aliphatic carbocycles. The summed E-state index contributed by atoms with van der Waals surface area (Å²) in [7, 11) is 1.33. The molecule has 0 bridgehead atoms. The summed E-state index contributed by atoms with van der Waals surface area (Å²) in [5.74, 6) is 0.283. The first-order chi connectivity index (χ1) is 11.9. The lowest BCUT2D eigenvalue weighted by Gasteiger charge is -2.15. The number of carbonyl (C=O) groups excluding carboxylic acids is 2. The molecule has 0 saturated carbocycles. The van der Waals surface area contributed by atoms with Crippen LogP contribution >= 0.6 is 0 Å². The maximum Gasteiger partial charge on any atom is 0.338 e. The number of nitrogens with one attached hydrogen (secondary N) is 1. The monoisotopic (exact) mass is 341 g/mol. The van der Waals surface area contributed by atoms with Crippen molar-refractivity contribution in [1.29, 1.82) is 0 Å². The number of carbonyl (C=O) groups is 2. The van der Waals surface area contributed by atoms with Crippen LogP contribution in [0.15, 0.2) is 42.5 Å². The fraction of sp³-hybridized carbons (Fsp3) is 0.300. The van der Waals surface area contributed by atoms with Crippen LogP contribution in [-0.2, 0) is 9.53 Å². The van der Waals surface area contributed by atoms with E-state index in [1.807, 2.05) is 24.3 Å². The van der Waals surface area contributed by atoms with E-state index in [9.17, 15) is 9.59 Å². The number of benzene rings is 2. The Labute approximate surface area is 148 Å². The van der Waals surface area contributed by atoms with Gasteiger partial charge in [-0.3, -0.25) is 4.79 Å². The average molecular weight is 341 g/mol. The van der Waals surface area contributed by atoms with E-state index in [0.29, 0.717) is 28.5 Å². The highest BCUT2D eigenvalue weighted by atomic mass is 16.5. The Balaban J connectivity index is 2.06. The third kappa shape index (κ3) is 4.59. The fourth-order valence-corrected chi connectivity index (χ4v) is 2.52. The van der Waals surface area contributed by atoms with Crippen LogP contribution in [0, 0.1) is 6.92 Å². The summed E-state index contributed by atoms with van der Waals surface area (Å²) in [5, 5.41) is 2.78. The molecule has 0 atom stereocenters. The normalized spacial score (nSPS) is 10.4. The summed E-state index contributed by atoms with van der Waals surface area (Å²) in [5.41, 5.74) is 2.70. The van der Waals surface area contributed by atoms with Gasteiger partial charge in [0.25, 0.3) is 5.91 Å². The Morgan fingerprint density at radius 2 is 1.80 bits per heavy atom. The van der Waals surface area contributed by atoms with Crippen molar-refractivity contribution in [1.82, 2.24) is 0 Å². The first kappa shape index (κ1) is 18.5. The largest absolute Gasteiger partial charge is 0.483 e. The molecular weight excluding hydrogens is 318 g/mol. The van der Waals surface area contributed by atoms with Gasteiger partial charge in [-0.1, -0.05) is 38.1 Å². The van der Waals surface area contributed by atoms with E-state index < -0.39 is 5.97 Å². The van der Waals surface area contributed by atoms with Gasteiger partial charge >= 0.3 is 5.97 Å². The highest BCUT2D eigenvalue weighted by Gasteiger charge is 2.14. The highest BCUT2D eigenvalue weighted by Crippen LogP contribution is 2.26. The summed E-state index contributed by atoms with van der Waals surface area (Å²) in [4.78, 5) is 23.9. The zero-order valence-electron chi connectivity index (χ0n) is 15.0. The van der Waals surface area contributed by atoms with Crippen molar-refractivity contribution in [3.05, 3.63) is 59.2 Å². The molecule has 1 N–H and O–H groups in total. The van der Waals surface area contributed by atoms with Crippen LogP contribution in [0.4, 0.5) is 5.69 Å². The van der Waals surface area contributed by atoms with E-state index >= 15 is 0 Å². The summed E-state index contributed by atoms with van der Waals surface area (Å²) >= 11 is 0. The molecule has 0 aliphatic rings. The Morgan fingerprint density at radius 1 is 1.08 bits per heavy atom. The van der Waals surface area contributed by atoms with Gasteiger partial charge in [0.2, 0.25) is 0 Å². The number of hydrogen-bond donors (Lipinski definition) is 1. The van der Waals surface area contributed by atoms with E-state index in [2.05, 4.69) is 19.2 Å². The summed E-state index contributed by atoms with van der Waals surface area (Å²) in [6.45, 7) is 5.80. The third-order valence-corrected chi connectivity index (χ3v) is 3.91. The topological polar surface area (TPSA) is 64.6 Å². The van der Waals surface area contributed by atoms with Gasteiger partial charge in [0.1, 0.15) is 5.75 Å². The lowest BCUT2D eigenvalue weighted by molar-refractivity contribution is -0.118. The van der Waals surface area contributed by atoms with Crippen molar-refractivity contribution in [2.24, 2.45) is 0 Å². The van der Waals surface area contributed by atoms with Crippen molar-refractivity contribution in [2.45, 2.75) is 26.7 Å². The number of methoxy groups -OCH3 is 1. The molecule has 2 aromatic rings. The van der Waals surface area contributed by atoms with Crippen LogP contribution in [-0.4, -0.2) is 25.6 Å². The molecule has 5 nitrogen and oxygen atoms in total. The molecule has 2 rings (SSSR count). The van der Waals surface area contributed by atoms with E-state index in [1.54, 1.807) is 25.1 Å². The second-order valence-electron chi connectivity index (χ2n) is 6.00. The van der Waals surface area contributed by atoms with Crippen molar-refractivity contribution >= 4 is 17.6 Å². The van der Waals surface area contributed by atoms with Gasteiger partial charge in [0.15, 0.2) is 6.61 Å². The minimum atomic E-state index is -0.435. The second-order valence-corrected chi connectivity index (χ2v) is 6.00. The Bertz CT molecular complexity index is 768. The SMILES string of the molecule is COC(=O)c1cccc(NC(=O)COc2ccccc2C(C)C)c1C. The molecule has 0 aliphatic heterocycles. The maximum atomic E-state index is 12.2. The second kappa shape index (κ2) is 8.33. The van der Waals surface area contributed by atoms with Crippen LogP contribution in [0.3, 0.4) is 0 Å². The molecule has 0 aromatic heterocycles. The number of esters is 1. The Morgan fingerprint density at radius 3 is 2.48 bits per heavy atom. The smallest absolute Gasteiger partial charge is 0.338 e. The van der Waals surface area contributed by atoms with Crippen LogP contribution in [0.2, 0.25) is 0 Å². The van der Waals surface area contributed by atoms with Gasteiger partial charge in [-0.25, -0.2) is 4.79 Å². The van der Waals surface area contributed by atoms with Crippen molar-refractivity contribution in [3.8, 4) is 5.75 Å². The van der Waals surface area contributed by atoms with E-state index in [4.69, 9.17) is 9.47 Å². The zero-order chi connectivity index (χ0) is 18.4. The van der Waals surface area contributed by atoms with Crippen LogP contribution < -0.4 is 10.1 Å². The molecule has 5 heteroatoms. The molecule has 0 radical (unpaired) electrons. The molecular formula is C20H23NO4. The number of para-hydroxylation sites is 1. The van der Waals surface area contributed by atoms with Crippen LogP contribution in [0.25, 0.3) is 0 Å². The maximum absolute atomic E-state index is 12.2. The Hall–Kier alpha value is -2.82. The number of anilines is 1. The van der Waals surface area contributed by atoms with E-state index in [-0.39, 0.29) is 12.5 Å². The lowest BCUT2D eigenvalue weighted by atomic mass is 10.0. The van der Waals surface area contributed by atoms with Gasteiger partial charge < -0.3 is 14.8 Å². The van der Waals surface area contributed by atoms with Gasteiger partial charge in [0.05, 0.1) is 12.7 Å². The Kier molecular flexibility index (Phi) is 6.17. The number of ether oxygens (including phenoxy) is 2. The molecule has 2 aromatic carbocycles. The molecule has 0 heterocycles. The number of amides is 1. The minimum absolute atomic E-state index is 0.106. The first-order valence-electron chi connectivity index (χ1n) is 8.13. The van der Waals surface area contributed by atoms with Gasteiger partial charge in [0, 0.05) is 5.69 Å². The third-order valence-electron chi connectivity index (χ3n) is 3.91. The quantitative estimate of drug-likeness (QED) is 0.809. The van der Waals surface area contributed by atoms with E-state index in [0.717, 1.165) is 5.56 Å². The van der Waals surface area contributed by atoms with Gasteiger partial charge in [-0.2, -0.15) is 0 Å². The van der Waals surface area contributed by atoms with E-state index in [1.165, 1.54) is 7.11 Å². The molecule has 0 unspecified atom stereocenters. The molecule has 0 spiro atoms. The molecule has 25 heavy (non-hydrogen) atoms. The van der Waals surface area contributed by atoms with Crippen molar-refractivity contribution < 1.29 is 19.1 Å². The lowest BCUT2D eigenvalue weighted by Crippen LogP contribution is -2.21. The minimum Gasteiger partial charge on any atom is -0.483 e. The molecule has 0 saturated heterocycles. The molecule has 1 amide bonds. The predicted molar refractivity (Wildman–Crippen MR) is 97.2 cm³/mol. The zero-order valence-corrected chi connectivity index (χ0v) is 15.0. The molecule has 132 valence electrons. The van der Waals surface area contributed by atoms with Crippen LogP contribution in [0.5, 0.6) is 5.75 Å². The summed E-state index contributed by atoms with van der Waals surface area (Å²) < 4.78 is 10.4.